The highest BCUT2D eigenvalue weighted by Crippen LogP contribution is 2.22. The second-order valence-electron chi connectivity index (χ2n) is 9.30. The van der Waals surface area contributed by atoms with E-state index in [1.54, 1.807) is 0 Å². The van der Waals surface area contributed by atoms with Gasteiger partial charge in [0.2, 0.25) is 0 Å². The minimum Gasteiger partial charge on any atom is -0.298 e. The Morgan fingerprint density at radius 1 is 0.714 bits per heavy atom. The molecule has 0 atom stereocenters. The lowest BCUT2D eigenvalue weighted by Gasteiger charge is -2.17. The molecule has 0 fully saturated rings. The maximum Gasteiger partial charge on any atom is 0.342 e. The summed E-state index contributed by atoms with van der Waals surface area (Å²) < 4.78 is 0. The van der Waals surface area contributed by atoms with Gasteiger partial charge in [-0.2, -0.15) is 9.78 Å². The summed E-state index contributed by atoms with van der Waals surface area (Å²) in [4.78, 5) is 42.9. The summed E-state index contributed by atoms with van der Waals surface area (Å²) in [7, 11) is 0. The summed E-state index contributed by atoms with van der Waals surface area (Å²) in [5, 5.41) is 0. The van der Waals surface area contributed by atoms with Crippen LogP contribution in [-0.4, -0.2) is 23.1 Å². The van der Waals surface area contributed by atoms with Crippen molar-refractivity contribution < 1.29 is 29.1 Å². The number of unbranched alkanes of at least 4 members (excludes halogenated alkanes) is 2. The summed E-state index contributed by atoms with van der Waals surface area (Å²) in [6.07, 6.45) is 8.32. The summed E-state index contributed by atoms with van der Waals surface area (Å²) in [5.41, 5.74) is -0.972. The molecule has 0 aliphatic heterocycles. The van der Waals surface area contributed by atoms with E-state index in [0.29, 0.717) is 18.8 Å². The van der Waals surface area contributed by atoms with Crippen LogP contribution in [0.3, 0.4) is 0 Å². The van der Waals surface area contributed by atoms with E-state index in [4.69, 9.17) is 19.6 Å². The molecular formula is C22H41O6. The molecule has 28 heavy (non-hydrogen) atoms. The maximum absolute atomic E-state index is 11.6. The molecule has 0 saturated carbocycles. The zero-order valence-corrected chi connectivity index (χ0v) is 18.8. The Morgan fingerprint density at radius 2 is 1.11 bits per heavy atom. The third-order valence-corrected chi connectivity index (χ3v) is 3.87. The number of rotatable bonds is 14. The Balaban J connectivity index is 3.88. The van der Waals surface area contributed by atoms with Crippen LogP contribution in [0.1, 0.15) is 106 Å². The lowest BCUT2D eigenvalue weighted by Crippen LogP contribution is -2.21. The van der Waals surface area contributed by atoms with Gasteiger partial charge in [-0.15, -0.1) is 0 Å². The van der Waals surface area contributed by atoms with Gasteiger partial charge in [0.1, 0.15) is 11.2 Å². The highest BCUT2D eigenvalue weighted by molar-refractivity contribution is 5.68. The van der Waals surface area contributed by atoms with Crippen LogP contribution in [0.15, 0.2) is 0 Å². The van der Waals surface area contributed by atoms with Gasteiger partial charge >= 0.3 is 11.9 Å². The van der Waals surface area contributed by atoms with E-state index in [2.05, 4.69) is 6.92 Å². The van der Waals surface area contributed by atoms with Crippen LogP contribution in [0, 0.1) is 12.8 Å². The Morgan fingerprint density at radius 3 is 1.43 bits per heavy atom. The van der Waals surface area contributed by atoms with E-state index in [-0.39, 0.29) is 11.9 Å². The first-order valence-electron chi connectivity index (χ1n) is 10.5. The molecule has 0 amide bonds. The van der Waals surface area contributed by atoms with Crippen molar-refractivity contribution in [3.63, 3.8) is 0 Å². The van der Waals surface area contributed by atoms with Gasteiger partial charge in [0.05, 0.1) is 0 Å². The first-order valence-corrected chi connectivity index (χ1v) is 10.5. The van der Waals surface area contributed by atoms with E-state index >= 15 is 0 Å². The van der Waals surface area contributed by atoms with Gasteiger partial charge < -0.3 is 0 Å². The molecule has 0 aromatic carbocycles. The van der Waals surface area contributed by atoms with Crippen molar-refractivity contribution in [1.82, 2.24) is 0 Å². The molecule has 165 valence electrons. The van der Waals surface area contributed by atoms with E-state index in [9.17, 15) is 9.59 Å². The lowest BCUT2D eigenvalue weighted by molar-refractivity contribution is -0.320. The first-order chi connectivity index (χ1) is 12.9. The lowest BCUT2D eigenvalue weighted by atomic mass is 9.91. The van der Waals surface area contributed by atoms with Crippen LogP contribution in [0.25, 0.3) is 0 Å². The van der Waals surface area contributed by atoms with Crippen LogP contribution < -0.4 is 0 Å². The summed E-state index contributed by atoms with van der Waals surface area (Å²) >= 11 is 0. The average Bonchev–Trinajstić information content (AvgIpc) is 2.57. The standard InChI is InChI=1S/C22H41O6/c1-8-13-18(14-9-11-16-19(23)25-27-21(2,3)4)15-10-12-17-20(24)26-28-22(5,6)7/h18H,1,8-17H2,2-7H3. The molecule has 6 heteroatoms. The second kappa shape index (κ2) is 13.9. The SMILES string of the molecule is [CH2]CCC(CCCCC(=O)OOC(C)(C)C)CCCCC(=O)OOC(C)(C)C. The van der Waals surface area contributed by atoms with Crippen molar-refractivity contribution in [1.29, 1.82) is 0 Å². The average molecular weight is 402 g/mol. The van der Waals surface area contributed by atoms with E-state index in [1.165, 1.54) is 0 Å². The van der Waals surface area contributed by atoms with Crippen molar-refractivity contribution in [3.05, 3.63) is 6.92 Å². The van der Waals surface area contributed by atoms with Crippen LogP contribution in [0.5, 0.6) is 0 Å². The topological polar surface area (TPSA) is 71.1 Å². The fraction of sp³-hybridized carbons (Fsp3) is 0.864. The largest absolute Gasteiger partial charge is 0.342 e. The molecule has 0 rings (SSSR count). The normalized spacial score (nSPS) is 12.3. The predicted octanol–water partition coefficient (Wildman–Crippen LogP) is 5.88. The maximum atomic E-state index is 11.6. The smallest absolute Gasteiger partial charge is 0.298 e. The summed E-state index contributed by atoms with van der Waals surface area (Å²) in [5.74, 6) is -0.0690. The molecule has 0 spiro atoms. The summed E-state index contributed by atoms with van der Waals surface area (Å²) in [6, 6.07) is 0. The van der Waals surface area contributed by atoms with Gasteiger partial charge in [0.25, 0.3) is 0 Å². The minimum atomic E-state index is -0.486. The Bertz CT molecular complexity index is 395. The Labute approximate surface area is 171 Å². The van der Waals surface area contributed by atoms with Gasteiger partial charge in [-0.25, -0.2) is 9.59 Å². The van der Waals surface area contributed by atoms with Crippen LogP contribution >= 0.6 is 0 Å². The van der Waals surface area contributed by atoms with Gasteiger partial charge in [-0.05, 0) is 60.3 Å². The number of hydrogen-bond acceptors (Lipinski definition) is 6. The molecule has 6 nitrogen and oxygen atoms in total. The van der Waals surface area contributed by atoms with Crippen molar-refractivity contribution in [2.24, 2.45) is 5.92 Å². The Hall–Kier alpha value is -1.14. The molecule has 0 aromatic heterocycles. The van der Waals surface area contributed by atoms with Crippen LogP contribution in [0.4, 0.5) is 0 Å². The molecule has 0 bridgehead atoms. The fourth-order valence-corrected chi connectivity index (χ4v) is 2.55. The van der Waals surface area contributed by atoms with Crippen LogP contribution in [0.2, 0.25) is 0 Å². The monoisotopic (exact) mass is 401 g/mol. The van der Waals surface area contributed by atoms with E-state index in [0.717, 1.165) is 51.4 Å². The quantitative estimate of drug-likeness (QED) is 0.205. The van der Waals surface area contributed by atoms with Gasteiger partial charge in [-0.3, -0.25) is 9.78 Å². The van der Waals surface area contributed by atoms with E-state index in [1.807, 2.05) is 41.5 Å². The summed E-state index contributed by atoms with van der Waals surface area (Å²) in [6.45, 7) is 15.0. The molecular weight excluding hydrogens is 360 g/mol. The highest BCUT2D eigenvalue weighted by Gasteiger charge is 2.16. The van der Waals surface area contributed by atoms with Crippen LogP contribution in [-0.2, 0) is 29.1 Å². The third-order valence-electron chi connectivity index (χ3n) is 3.87. The number of hydrogen-bond donors (Lipinski definition) is 0. The van der Waals surface area contributed by atoms with Gasteiger partial charge in [0, 0.05) is 12.8 Å². The van der Waals surface area contributed by atoms with Crippen molar-refractivity contribution in [2.75, 3.05) is 0 Å². The zero-order valence-electron chi connectivity index (χ0n) is 18.8. The molecule has 0 unspecified atom stereocenters. The highest BCUT2D eigenvalue weighted by atomic mass is 17.2. The second-order valence-corrected chi connectivity index (χ2v) is 9.30. The predicted molar refractivity (Wildman–Crippen MR) is 109 cm³/mol. The van der Waals surface area contributed by atoms with Crippen molar-refractivity contribution in [2.45, 2.75) is 117 Å². The van der Waals surface area contributed by atoms with Crippen molar-refractivity contribution >= 4 is 11.9 Å². The molecule has 0 aromatic rings. The third kappa shape index (κ3) is 18.2. The molecule has 0 N–H and O–H groups in total. The Kier molecular flexibility index (Phi) is 13.4. The number of carbonyl (C=O) groups is 2. The number of carbonyl (C=O) groups excluding carboxylic acids is 2. The molecule has 0 aliphatic carbocycles. The molecule has 0 aliphatic rings. The van der Waals surface area contributed by atoms with E-state index < -0.39 is 11.2 Å². The fourth-order valence-electron chi connectivity index (χ4n) is 2.55. The molecule has 0 saturated heterocycles. The molecule has 1 radical (unpaired) electrons. The van der Waals surface area contributed by atoms with Crippen molar-refractivity contribution in [3.8, 4) is 0 Å². The minimum absolute atomic E-state index is 0.320. The van der Waals surface area contributed by atoms with Gasteiger partial charge in [0.15, 0.2) is 0 Å². The van der Waals surface area contributed by atoms with Gasteiger partial charge in [-0.1, -0.05) is 45.4 Å². The molecule has 0 heterocycles. The zero-order chi connectivity index (χ0) is 21.6. The first kappa shape index (κ1) is 26.9.